The number of ether oxygens (including phenoxy) is 3. The van der Waals surface area contributed by atoms with Gasteiger partial charge in [0.15, 0.2) is 5.69 Å². The second-order valence-corrected chi connectivity index (χ2v) is 12.3. The van der Waals surface area contributed by atoms with Crippen LogP contribution in [0.4, 0.5) is 9.18 Å². The molecule has 2 N–H and O–H groups in total. The smallest absolute Gasteiger partial charge is 0.446 e. The molecule has 1 aliphatic carbocycles. The zero-order valence-corrected chi connectivity index (χ0v) is 27.4. The standard InChI is InChI=1S/C32H41FN6O8/c1-18(2)29(47-31(43)45-22-10-8-7-9-11-22)46-26-25(27(41)34-17-20-12-14-21(33)15-13-20)35-30(39(6)28(26)42)32(4,5)36-23(40)16-24-38-37-19(3)44-24/h12-15,18,22,29H,7-11,16-17H2,1-6H3,(H,34,41)(H,36,40). The molecule has 2 heterocycles. The molecule has 0 saturated heterocycles. The molecule has 2 amide bonds. The number of halogens is 1. The largest absolute Gasteiger partial charge is 0.511 e. The highest BCUT2D eigenvalue weighted by molar-refractivity contribution is 5.94. The normalized spacial score (nSPS) is 14.4. The van der Waals surface area contributed by atoms with Gasteiger partial charge < -0.3 is 29.3 Å². The van der Waals surface area contributed by atoms with Crippen LogP contribution in [0.1, 0.15) is 93.5 Å². The molecular formula is C32H41FN6O8. The monoisotopic (exact) mass is 656 g/mol. The number of aryl methyl sites for hydroxylation is 1. The van der Waals surface area contributed by atoms with Crippen LogP contribution in [0.25, 0.3) is 0 Å². The van der Waals surface area contributed by atoms with Crippen LogP contribution in [0.5, 0.6) is 5.75 Å². The maximum atomic E-state index is 13.9. The minimum Gasteiger partial charge on any atom is -0.446 e. The number of nitrogens with one attached hydrogen (secondary N) is 2. The molecule has 2 aromatic heterocycles. The van der Waals surface area contributed by atoms with Gasteiger partial charge in [0, 0.05) is 26.4 Å². The molecule has 14 nitrogen and oxygen atoms in total. The molecule has 0 aliphatic heterocycles. The number of benzene rings is 1. The highest BCUT2D eigenvalue weighted by Crippen LogP contribution is 2.25. The van der Waals surface area contributed by atoms with Crippen molar-refractivity contribution in [2.75, 3.05) is 0 Å². The predicted octanol–water partition coefficient (Wildman–Crippen LogP) is 3.98. The van der Waals surface area contributed by atoms with E-state index in [1.54, 1.807) is 34.6 Å². The summed E-state index contributed by atoms with van der Waals surface area (Å²) in [5.41, 5.74) is -1.88. The fourth-order valence-electron chi connectivity index (χ4n) is 5.12. The number of carbonyl (C=O) groups excluding carboxylic acids is 3. The average molecular weight is 657 g/mol. The lowest BCUT2D eigenvalue weighted by atomic mass is 9.98. The van der Waals surface area contributed by atoms with Crippen molar-refractivity contribution in [2.45, 2.75) is 97.6 Å². The Hall–Kier alpha value is -4.82. The molecule has 3 aromatic rings. The van der Waals surface area contributed by atoms with E-state index in [-0.39, 0.29) is 30.8 Å². The van der Waals surface area contributed by atoms with Gasteiger partial charge in [-0.05, 0) is 57.2 Å². The van der Waals surface area contributed by atoms with Crippen LogP contribution < -0.4 is 20.9 Å². The maximum Gasteiger partial charge on any atom is 0.511 e. The molecule has 1 aromatic carbocycles. The zero-order chi connectivity index (χ0) is 34.3. The number of hydrogen-bond donors (Lipinski definition) is 2. The molecule has 0 bridgehead atoms. The summed E-state index contributed by atoms with van der Waals surface area (Å²) >= 11 is 0. The van der Waals surface area contributed by atoms with Crippen molar-refractivity contribution < 1.29 is 37.4 Å². The number of aromatic nitrogens is 4. The molecule has 15 heteroatoms. The summed E-state index contributed by atoms with van der Waals surface area (Å²) in [5, 5.41) is 13.0. The molecule has 0 spiro atoms. The maximum absolute atomic E-state index is 13.9. The van der Waals surface area contributed by atoms with Crippen LogP contribution >= 0.6 is 0 Å². The molecule has 1 atom stereocenters. The number of rotatable bonds is 12. The molecule has 1 aliphatic rings. The number of hydrogen-bond acceptors (Lipinski definition) is 11. The van der Waals surface area contributed by atoms with E-state index >= 15 is 0 Å². The van der Waals surface area contributed by atoms with Crippen molar-refractivity contribution in [2.24, 2.45) is 13.0 Å². The molecular weight excluding hydrogens is 615 g/mol. The summed E-state index contributed by atoms with van der Waals surface area (Å²) in [6.07, 6.45) is 1.67. The van der Waals surface area contributed by atoms with E-state index in [1.807, 2.05) is 0 Å². The fraction of sp³-hybridized carbons (Fsp3) is 0.531. The topological polar surface area (TPSA) is 177 Å². The van der Waals surface area contributed by atoms with E-state index in [4.69, 9.17) is 18.6 Å². The highest BCUT2D eigenvalue weighted by Gasteiger charge is 2.34. The Morgan fingerprint density at radius 2 is 1.79 bits per heavy atom. The van der Waals surface area contributed by atoms with Gasteiger partial charge in [-0.25, -0.2) is 14.2 Å². The van der Waals surface area contributed by atoms with Gasteiger partial charge >= 0.3 is 6.16 Å². The summed E-state index contributed by atoms with van der Waals surface area (Å²) in [5.74, 6) is -2.24. The minimum atomic E-state index is -1.30. The van der Waals surface area contributed by atoms with Crippen molar-refractivity contribution >= 4 is 18.0 Å². The van der Waals surface area contributed by atoms with Crippen LogP contribution in [-0.4, -0.2) is 50.1 Å². The van der Waals surface area contributed by atoms with E-state index in [0.717, 1.165) is 36.7 Å². The first-order valence-corrected chi connectivity index (χ1v) is 15.5. The third-order valence-electron chi connectivity index (χ3n) is 7.53. The molecule has 4 rings (SSSR count). The molecule has 1 unspecified atom stereocenters. The first-order chi connectivity index (χ1) is 22.2. The molecule has 0 radical (unpaired) electrons. The second-order valence-electron chi connectivity index (χ2n) is 12.3. The van der Waals surface area contributed by atoms with E-state index in [0.29, 0.717) is 11.5 Å². The van der Waals surface area contributed by atoms with Crippen molar-refractivity contribution in [3.05, 3.63) is 69.3 Å². The summed E-state index contributed by atoms with van der Waals surface area (Å²) < 4.78 is 36.8. The third kappa shape index (κ3) is 9.36. The summed E-state index contributed by atoms with van der Waals surface area (Å²) in [4.78, 5) is 57.6. The average Bonchev–Trinajstić information content (AvgIpc) is 3.42. The number of nitrogens with zero attached hydrogens (tertiary/aromatic N) is 4. The Balaban J connectivity index is 1.64. The van der Waals surface area contributed by atoms with Crippen LogP contribution in [0.3, 0.4) is 0 Å². The van der Waals surface area contributed by atoms with Crippen molar-refractivity contribution in [3.8, 4) is 5.75 Å². The first-order valence-electron chi connectivity index (χ1n) is 15.5. The second kappa shape index (κ2) is 15.2. The SMILES string of the molecule is Cc1nnc(CC(=O)NC(C)(C)c2nc(C(=O)NCc3ccc(F)cc3)c(OC(OC(=O)OC3CCCCC3)C(C)C)c(=O)n2C)o1. The van der Waals surface area contributed by atoms with Crippen molar-refractivity contribution in [1.29, 1.82) is 0 Å². The lowest BCUT2D eigenvalue weighted by Crippen LogP contribution is -2.47. The predicted molar refractivity (Wildman–Crippen MR) is 165 cm³/mol. The van der Waals surface area contributed by atoms with Crippen molar-refractivity contribution in [3.63, 3.8) is 0 Å². The Morgan fingerprint density at radius 1 is 1.11 bits per heavy atom. The Kier molecular flexibility index (Phi) is 11.3. The quantitative estimate of drug-likeness (QED) is 0.213. The highest BCUT2D eigenvalue weighted by atomic mass is 19.1. The summed E-state index contributed by atoms with van der Waals surface area (Å²) in [7, 11) is 1.41. The van der Waals surface area contributed by atoms with Gasteiger partial charge in [-0.15, -0.1) is 10.2 Å². The first kappa shape index (κ1) is 35.0. The van der Waals surface area contributed by atoms with Gasteiger partial charge in [-0.3, -0.25) is 19.0 Å². The van der Waals surface area contributed by atoms with E-state index in [9.17, 15) is 23.6 Å². The van der Waals surface area contributed by atoms with Gasteiger partial charge in [0.05, 0.1) is 5.54 Å². The van der Waals surface area contributed by atoms with E-state index < -0.39 is 58.5 Å². The summed E-state index contributed by atoms with van der Waals surface area (Å²) in [6.45, 7) is 8.21. The van der Waals surface area contributed by atoms with E-state index in [1.165, 1.54) is 31.3 Å². The van der Waals surface area contributed by atoms with E-state index in [2.05, 4.69) is 25.8 Å². The number of amides is 2. The Bertz CT molecular complexity index is 1630. The Morgan fingerprint density at radius 3 is 2.40 bits per heavy atom. The zero-order valence-electron chi connectivity index (χ0n) is 27.4. The van der Waals surface area contributed by atoms with Crippen LogP contribution in [0.15, 0.2) is 33.5 Å². The minimum absolute atomic E-state index is 0.0215. The van der Waals surface area contributed by atoms with Gasteiger partial charge in [0.1, 0.15) is 24.2 Å². The molecule has 47 heavy (non-hydrogen) atoms. The number of carbonyl (C=O) groups is 3. The lowest BCUT2D eigenvalue weighted by molar-refractivity contribution is -0.122. The van der Waals surface area contributed by atoms with Gasteiger partial charge in [0.2, 0.25) is 23.4 Å². The third-order valence-corrected chi connectivity index (χ3v) is 7.53. The van der Waals surface area contributed by atoms with Gasteiger partial charge in [-0.1, -0.05) is 32.4 Å². The molecule has 1 saturated carbocycles. The molecule has 1 fully saturated rings. The fourth-order valence-corrected chi connectivity index (χ4v) is 5.12. The van der Waals surface area contributed by atoms with Crippen LogP contribution in [-0.2, 0) is 39.8 Å². The van der Waals surface area contributed by atoms with Crippen LogP contribution in [0.2, 0.25) is 0 Å². The van der Waals surface area contributed by atoms with Gasteiger partial charge in [-0.2, -0.15) is 0 Å². The van der Waals surface area contributed by atoms with Crippen molar-refractivity contribution in [1.82, 2.24) is 30.4 Å². The molecule has 254 valence electrons. The lowest BCUT2D eigenvalue weighted by Gasteiger charge is -2.29. The summed E-state index contributed by atoms with van der Waals surface area (Å²) in [6, 6.07) is 5.50. The van der Waals surface area contributed by atoms with Gasteiger partial charge in [0.25, 0.3) is 17.8 Å². The Labute approximate surface area is 271 Å². The van der Waals surface area contributed by atoms with Crippen LogP contribution in [0, 0.1) is 18.7 Å².